The topological polar surface area (TPSA) is 121 Å². The van der Waals surface area contributed by atoms with Crippen molar-refractivity contribution in [3.63, 3.8) is 0 Å². The number of carbonyl (C=O) groups is 1. The van der Waals surface area contributed by atoms with Gasteiger partial charge in [0.2, 0.25) is 0 Å². The Kier molecular flexibility index (Phi) is 4.78. The Morgan fingerprint density at radius 3 is 2.64 bits per heavy atom. The van der Waals surface area contributed by atoms with Crippen molar-refractivity contribution in [1.82, 2.24) is 14.5 Å². The zero-order chi connectivity index (χ0) is 18.0. The van der Waals surface area contributed by atoms with E-state index in [4.69, 9.17) is 16.2 Å². The van der Waals surface area contributed by atoms with E-state index in [1.807, 2.05) is 28.8 Å². The first kappa shape index (κ1) is 17.1. The number of ether oxygens (including phenoxy) is 1. The van der Waals surface area contributed by atoms with Gasteiger partial charge in [0.05, 0.1) is 0 Å². The maximum absolute atomic E-state index is 11.5. The first-order valence-corrected chi connectivity index (χ1v) is 9.17. The molecule has 8 nitrogen and oxygen atoms in total. The zero-order valence-corrected chi connectivity index (χ0v) is 15.5. The number of hydrogen-bond acceptors (Lipinski definition) is 6. The summed E-state index contributed by atoms with van der Waals surface area (Å²) >= 11 is -0.607. The number of fused-ring (bicyclic) bond motifs is 1. The van der Waals surface area contributed by atoms with Gasteiger partial charge in [0.1, 0.15) is 0 Å². The van der Waals surface area contributed by atoms with Crippen molar-refractivity contribution in [3.8, 4) is 5.75 Å². The van der Waals surface area contributed by atoms with Crippen LogP contribution in [-0.2, 0) is 6.54 Å². The van der Waals surface area contributed by atoms with Crippen molar-refractivity contribution < 1.29 is 9.53 Å². The number of aromatic nitrogens is 3. The van der Waals surface area contributed by atoms with E-state index in [0.29, 0.717) is 28.3 Å². The third-order valence-electron chi connectivity index (χ3n) is 3.77. The summed E-state index contributed by atoms with van der Waals surface area (Å²) in [5.74, 6) is 1.90. The van der Waals surface area contributed by atoms with Gasteiger partial charge < -0.3 is 0 Å². The van der Waals surface area contributed by atoms with Crippen LogP contribution < -0.4 is 26.0 Å². The Morgan fingerprint density at radius 2 is 2.04 bits per heavy atom. The maximum atomic E-state index is 11.5. The molecule has 0 atom stereocenters. The molecule has 0 saturated carbocycles. The molecular weight excluding hydrogens is 387 g/mol. The Hall–Kier alpha value is -2.77. The number of carbonyl (C=O) groups excluding carboxylic acids is 1. The summed E-state index contributed by atoms with van der Waals surface area (Å²) in [7, 11) is 3.39. The number of hydrogen-bond donors (Lipinski definition) is 3. The van der Waals surface area contributed by atoms with Gasteiger partial charge in [-0.3, -0.25) is 0 Å². The molecule has 0 fully saturated rings. The SMILES string of the molecule is CNc1ncnc2c1c([Se]C(N)=O)c(N)n2Cc1ccc(OC)cc1. The molecule has 130 valence electrons. The number of primary amides is 1. The van der Waals surface area contributed by atoms with Gasteiger partial charge >= 0.3 is 150 Å². The van der Waals surface area contributed by atoms with Crippen LogP contribution in [0.1, 0.15) is 5.56 Å². The van der Waals surface area contributed by atoms with Crippen LogP contribution in [0.5, 0.6) is 5.75 Å². The molecule has 3 aromatic rings. The Bertz CT molecular complexity index is 923. The van der Waals surface area contributed by atoms with Crippen molar-refractivity contribution in [2.24, 2.45) is 5.73 Å². The van der Waals surface area contributed by atoms with E-state index >= 15 is 0 Å². The Labute approximate surface area is 150 Å². The summed E-state index contributed by atoms with van der Waals surface area (Å²) in [5.41, 5.74) is 13.5. The number of methoxy groups -OCH3 is 1. The van der Waals surface area contributed by atoms with Gasteiger partial charge in [-0.15, -0.1) is 0 Å². The molecule has 3 rings (SSSR count). The number of anilines is 2. The molecule has 2 aromatic heterocycles. The molecule has 0 spiro atoms. The average molecular weight is 405 g/mol. The van der Waals surface area contributed by atoms with Crippen LogP contribution in [-0.4, -0.2) is 48.5 Å². The molecule has 0 aliphatic rings. The van der Waals surface area contributed by atoms with Crippen LogP contribution in [0.3, 0.4) is 0 Å². The van der Waals surface area contributed by atoms with E-state index in [9.17, 15) is 4.79 Å². The molecule has 0 aliphatic heterocycles. The number of nitrogens with one attached hydrogen (secondary N) is 1. The van der Waals surface area contributed by atoms with Crippen LogP contribution in [0.25, 0.3) is 11.0 Å². The molecule has 0 unspecified atom stereocenters. The molecule has 2 heterocycles. The molecule has 0 bridgehead atoms. The number of nitrogens with zero attached hydrogens (tertiary/aromatic N) is 3. The molecule has 1 aromatic carbocycles. The summed E-state index contributed by atoms with van der Waals surface area (Å²) in [5, 5.41) is 3.77. The minimum absolute atomic E-state index is 0.395. The van der Waals surface area contributed by atoms with Crippen LogP contribution in [0, 0.1) is 0 Å². The fourth-order valence-corrected chi connectivity index (χ4v) is 4.10. The van der Waals surface area contributed by atoms with Crippen molar-refractivity contribution >= 4 is 46.9 Å². The van der Waals surface area contributed by atoms with Gasteiger partial charge in [-0.05, 0) is 0 Å². The number of nitrogens with two attached hydrogens (primary N) is 2. The third kappa shape index (κ3) is 3.24. The number of benzene rings is 1. The monoisotopic (exact) mass is 406 g/mol. The first-order valence-electron chi connectivity index (χ1n) is 7.45. The van der Waals surface area contributed by atoms with Crippen LogP contribution >= 0.6 is 0 Å². The van der Waals surface area contributed by atoms with Gasteiger partial charge in [-0.25, -0.2) is 0 Å². The van der Waals surface area contributed by atoms with Gasteiger partial charge in [0, 0.05) is 0 Å². The van der Waals surface area contributed by atoms with Crippen molar-refractivity contribution in [1.29, 1.82) is 0 Å². The number of rotatable bonds is 6. The Balaban J connectivity index is 2.13. The molecule has 9 heteroatoms. The Morgan fingerprint density at radius 1 is 1.32 bits per heavy atom. The predicted octanol–water partition coefficient (Wildman–Crippen LogP) is 0.520. The predicted molar refractivity (Wildman–Crippen MR) is 98.6 cm³/mol. The van der Waals surface area contributed by atoms with Gasteiger partial charge in [0.15, 0.2) is 0 Å². The standard InChI is InChI=1S/C16H18N6O2Se/c1-19-14-11-12(25-16(18)23)13(17)22(15(11)21-8-20-14)7-9-3-5-10(24-2)6-4-9/h3-6,8H,7,17H2,1-2H3,(H2,18,23)(H,19,20,21). The van der Waals surface area contributed by atoms with Gasteiger partial charge in [-0.2, -0.15) is 0 Å². The number of amides is 1. The number of nitrogen functional groups attached to an aromatic ring is 1. The minimum atomic E-state index is -0.607. The van der Waals surface area contributed by atoms with E-state index in [1.165, 1.54) is 6.33 Å². The van der Waals surface area contributed by atoms with Crippen molar-refractivity contribution in [2.75, 3.05) is 25.2 Å². The molecule has 0 radical (unpaired) electrons. The fourth-order valence-electron chi connectivity index (χ4n) is 2.62. The normalized spacial score (nSPS) is 10.8. The van der Waals surface area contributed by atoms with E-state index in [2.05, 4.69) is 15.3 Å². The van der Waals surface area contributed by atoms with Crippen molar-refractivity contribution in [2.45, 2.75) is 6.54 Å². The molecule has 1 amide bonds. The zero-order valence-electron chi connectivity index (χ0n) is 13.8. The molecule has 25 heavy (non-hydrogen) atoms. The van der Waals surface area contributed by atoms with E-state index in [0.717, 1.165) is 16.7 Å². The second-order valence-electron chi connectivity index (χ2n) is 5.24. The van der Waals surface area contributed by atoms with Crippen LogP contribution in [0.2, 0.25) is 0 Å². The second-order valence-corrected chi connectivity index (χ2v) is 7.37. The summed E-state index contributed by atoms with van der Waals surface area (Å²) in [6, 6.07) is 7.70. The van der Waals surface area contributed by atoms with Gasteiger partial charge in [0.25, 0.3) is 0 Å². The third-order valence-corrected chi connectivity index (χ3v) is 5.49. The summed E-state index contributed by atoms with van der Waals surface area (Å²) in [6.07, 6.45) is 1.47. The van der Waals surface area contributed by atoms with Crippen molar-refractivity contribution in [3.05, 3.63) is 36.2 Å². The second kappa shape index (κ2) is 7.00. The van der Waals surface area contributed by atoms with E-state index < -0.39 is 19.8 Å². The van der Waals surface area contributed by atoms with Crippen LogP contribution in [0.15, 0.2) is 30.6 Å². The fraction of sp³-hybridized carbons (Fsp3) is 0.188. The summed E-state index contributed by atoms with van der Waals surface area (Å²) < 4.78 is 7.76. The first-order chi connectivity index (χ1) is 12.0. The van der Waals surface area contributed by atoms with E-state index in [1.54, 1.807) is 14.2 Å². The van der Waals surface area contributed by atoms with Crippen LogP contribution in [0.4, 0.5) is 16.4 Å². The molecule has 5 N–H and O–H groups in total. The summed E-state index contributed by atoms with van der Waals surface area (Å²) in [4.78, 5) is 19.7. The molecule has 0 aliphatic carbocycles. The van der Waals surface area contributed by atoms with E-state index in [-0.39, 0.29) is 0 Å². The van der Waals surface area contributed by atoms with Gasteiger partial charge in [-0.1, -0.05) is 0 Å². The molecule has 0 saturated heterocycles. The molecular formula is C16H18N6O2Se. The summed E-state index contributed by atoms with van der Waals surface area (Å²) in [6.45, 7) is 0.515. The quantitative estimate of drug-likeness (QED) is 0.514. The average Bonchev–Trinajstić information content (AvgIpc) is 2.87.